The van der Waals surface area contributed by atoms with Crippen molar-refractivity contribution in [1.29, 1.82) is 0 Å². The Bertz CT molecular complexity index is 794. The van der Waals surface area contributed by atoms with E-state index in [2.05, 4.69) is 12.2 Å². The molecule has 0 radical (unpaired) electrons. The van der Waals surface area contributed by atoms with Gasteiger partial charge in [-0.2, -0.15) is 0 Å². The van der Waals surface area contributed by atoms with Gasteiger partial charge in [-0.1, -0.05) is 76.8 Å². The van der Waals surface area contributed by atoms with Crippen LogP contribution in [0.5, 0.6) is 0 Å². The van der Waals surface area contributed by atoms with Gasteiger partial charge in [-0.3, -0.25) is 14.4 Å². The van der Waals surface area contributed by atoms with Crippen LogP contribution in [0.15, 0.2) is 30.3 Å². The molecule has 2 rings (SSSR count). The molecule has 1 aliphatic heterocycles. The van der Waals surface area contributed by atoms with Crippen molar-refractivity contribution in [2.75, 3.05) is 19.7 Å². The Balaban J connectivity index is 1.69. The normalized spacial score (nSPS) is 16.0. The summed E-state index contributed by atoms with van der Waals surface area (Å²) in [5, 5.41) is 2.71. The van der Waals surface area contributed by atoms with Crippen LogP contribution >= 0.6 is 0 Å². The van der Waals surface area contributed by atoms with Gasteiger partial charge in [0, 0.05) is 19.2 Å². The zero-order valence-corrected chi connectivity index (χ0v) is 20.4. The number of esters is 1. The third-order valence-electron chi connectivity index (χ3n) is 6.02. The van der Waals surface area contributed by atoms with Gasteiger partial charge in [0.05, 0.1) is 13.0 Å². The number of benzene rings is 1. The summed E-state index contributed by atoms with van der Waals surface area (Å²) in [5.41, 5.74) is 0.670. The maximum Gasteiger partial charge on any atom is 0.308 e. The fourth-order valence-corrected chi connectivity index (χ4v) is 4.01. The Morgan fingerprint density at radius 1 is 1.03 bits per heavy atom. The summed E-state index contributed by atoms with van der Waals surface area (Å²) in [6.45, 7) is 3.21. The fraction of sp³-hybridized carbons (Fsp3) is 0.593. The molecule has 1 saturated heterocycles. The lowest BCUT2D eigenvalue weighted by atomic mass is 10.1. The monoisotopic (exact) mass is 474 g/mol. The molecule has 1 aromatic rings. The van der Waals surface area contributed by atoms with E-state index < -0.39 is 12.0 Å². The van der Waals surface area contributed by atoms with Crippen LogP contribution in [0.1, 0.15) is 83.1 Å². The van der Waals surface area contributed by atoms with Crippen LogP contribution in [-0.2, 0) is 19.1 Å². The molecule has 1 aromatic carbocycles. The average Bonchev–Trinajstić information content (AvgIpc) is 2.83. The van der Waals surface area contributed by atoms with Crippen molar-refractivity contribution < 1.29 is 23.5 Å². The first kappa shape index (κ1) is 27.5. The fourth-order valence-electron chi connectivity index (χ4n) is 4.01. The number of halogens is 1. The molecule has 34 heavy (non-hydrogen) atoms. The number of carbonyl (C=O) groups excluding carboxylic acids is 3. The van der Waals surface area contributed by atoms with E-state index >= 15 is 0 Å². The molecule has 7 heteroatoms. The number of nitrogens with zero attached hydrogens (tertiary/aromatic N) is 1. The summed E-state index contributed by atoms with van der Waals surface area (Å²) in [4.78, 5) is 38.7. The number of nitrogens with one attached hydrogen (secondary N) is 1. The van der Waals surface area contributed by atoms with Gasteiger partial charge < -0.3 is 15.0 Å². The lowest BCUT2D eigenvalue weighted by Gasteiger charge is -2.33. The molecule has 188 valence electrons. The summed E-state index contributed by atoms with van der Waals surface area (Å²) in [6, 6.07) is 4.85. The first-order valence-corrected chi connectivity index (χ1v) is 12.7. The van der Waals surface area contributed by atoms with Gasteiger partial charge in [0.2, 0.25) is 11.8 Å². The van der Waals surface area contributed by atoms with Crippen molar-refractivity contribution in [3.63, 3.8) is 0 Å². The number of piperazine rings is 1. The maximum atomic E-state index is 13.0. The highest BCUT2D eigenvalue weighted by Gasteiger charge is 2.34. The Hall–Kier alpha value is -2.70. The molecule has 1 N–H and O–H groups in total. The minimum Gasteiger partial charge on any atom is -0.466 e. The third kappa shape index (κ3) is 10.5. The average molecular weight is 475 g/mol. The topological polar surface area (TPSA) is 75.7 Å². The van der Waals surface area contributed by atoms with Crippen molar-refractivity contribution >= 4 is 23.9 Å². The largest absolute Gasteiger partial charge is 0.466 e. The zero-order chi connectivity index (χ0) is 24.6. The molecule has 1 unspecified atom stereocenters. The molecule has 1 atom stereocenters. The van der Waals surface area contributed by atoms with Crippen LogP contribution in [0.2, 0.25) is 0 Å². The van der Waals surface area contributed by atoms with Crippen LogP contribution < -0.4 is 5.32 Å². The number of rotatable bonds is 15. The van der Waals surface area contributed by atoms with Crippen molar-refractivity contribution in [1.82, 2.24) is 10.2 Å². The molecule has 0 saturated carbocycles. The highest BCUT2D eigenvalue weighted by atomic mass is 19.1. The van der Waals surface area contributed by atoms with E-state index in [1.54, 1.807) is 18.2 Å². The van der Waals surface area contributed by atoms with Gasteiger partial charge >= 0.3 is 5.97 Å². The van der Waals surface area contributed by atoms with Gasteiger partial charge in [0.25, 0.3) is 0 Å². The highest BCUT2D eigenvalue weighted by molar-refractivity contribution is 5.97. The predicted molar refractivity (Wildman–Crippen MR) is 131 cm³/mol. The van der Waals surface area contributed by atoms with Crippen molar-refractivity contribution in [2.24, 2.45) is 0 Å². The van der Waals surface area contributed by atoms with Crippen molar-refractivity contribution in [3.8, 4) is 0 Å². The number of hydrogen-bond acceptors (Lipinski definition) is 4. The molecule has 1 aliphatic rings. The number of ether oxygens (including phenoxy) is 1. The molecular weight excluding hydrogens is 435 g/mol. The molecular formula is C27H39FN2O4. The van der Waals surface area contributed by atoms with E-state index in [0.717, 1.165) is 19.3 Å². The van der Waals surface area contributed by atoms with E-state index in [1.807, 2.05) is 0 Å². The lowest BCUT2D eigenvalue weighted by molar-refractivity contribution is -0.150. The summed E-state index contributed by atoms with van der Waals surface area (Å²) >= 11 is 0. The Morgan fingerprint density at radius 3 is 2.29 bits per heavy atom. The molecule has 0 spiro atoms. The number of hydrogen-bond donors (Lipinski definition) is 1. The standard InChI is InChI=1S/C27H39FN2O4/c1-2-3-4-5-6-7-8-9-10-11-20-34-26(32)21-24-27(33)29-18-19-30(24)25(31)17-14-22-12-15-23(28)16-13-22/h12-17,24H,2-11,18-21H2,1H3,(H,29,33)/b17-14+. The minimum absolute atomic E-state index is 0.167. The highest BCUT2D eigenvalue weighted by Crippen LogP contribution is 2.14. The van der Waals surface area contributed by atoms with Gasteiger partial charge in [-0.15, -0.1) is 0 Å². The summed E-state index contributed by atoms with van der Waals surface area (Å²) in [7, 11) is 0. The number of amides is 2. The predicted octanol–water partition coefficient (Wildman–Crippen LogP) is 5.02. The van der Waals surface area contributed by atoms with Crippen LogP contribution in [0.3, 0.4) is 0 Å². The summed E-state index contributed by atoms with van der Waals surface area (Å²) in [6.07, 6.45) is 14.7. The first-order chi connectivity index (χ1) is 16.5. The van der Waals surface area contributed by atoms with Crippen molar-refractivity contribution in [3.05, 3.63) is 41.7 Å². The SMILES string of the molecule is CCCCCCCCCCCCOC(=O)CC1C(=O)NCCN1C(=O)/C=C/c1ccc(F)cc1. The van der Waals surface area contributed by atoms with Crippen LogP contribution in [-0.4, -0.2) is 48.4 Å². The van der Waals surface area contributed by atoms with Crippen LogP contribution in [0, 0.1) is 5.82 Å². The lowest BCUT2D eigenvalue weighted by Crippen LogP contribution is -2.57. The quantitative estimate of drug-likeness (QED) is 0.220. The zero-order valence-electron chi connectivity index (χ0n) is 20.4. The second-order valence-electron chi connectivity index (χ2n) is 8.83. The van der Waals surface area contributed by atoms with E-state index in [1.165, 1.54) is 68.1 Å². The van der Waals surface area contributed by atoms with Gasteiger partial charge in [0.1, 0.15) is 11.9 Å². The molecule has 1 heterocycles. The molecule has 1 fully saturated rings. The van der Waals surface area contributed by atoms with Gasteiger partial charge in [-0.05, 0) is 30.2 Å². The van der Waals surface area contributed by atoms with Crippen LogP contribution in [0.4, 0.5) is 4.39 Å². The molecule has 0 aliphatic carbocycles. The minimum atomic E-state index is -0.890. The van der Waals surface area contributed by atoms with Crippen LogP contribution in [0.25, 0.3) is 6.08 Å². The number of unbranched alkanes of at least 4 members (excludes halogenated alkanes) is 9. The summed E-state index contributed by atoms with van der Waals surface area (Å²) in [5.74, 6) is -1.55. The number of carbonyl (C=O) groups is 3. The summed E-state index contributed by atoms with van der Waals surface area (Å²) < 4.78 is 18.4. The van der Waals surface area contributed by atoms with Gasteiger partial charge in [-0.25, -0.2) is 4.39 Å². The van der Waals surface area contributed by atoms with E-state index in [-0.39, 0.29) is 24.1 Å². The Kier molecular flexibility index (Phi) is 13.0. The second kappa shape index (κ2) is 16.0. The van der Waals surface area contributed by atoms with E-state index in [4.69, 9.17) is 4.74 Å². The smallest absolute Gasteiger partial charge is 0.308 e. The first-order valence-electron chi connectivity index (χ1n) is 12.7. The maximum absolute atomic E-state index is 13.0. The third-order valence-corrected chi connectivity index (χ3v) is 6.02. The molecule has 0 bridgehead atoms. The molecule has 2 amide bonds. The molecule has 6 nitrogen and oxygen atoms in total. The van der Waals surface area contributed by atoms with E-state index in [0.29, 0.717) is 25.3 Å². The van der Waals surface area contributed by atoms with Gasteiger partial charge in [0.15, 0.2) is 0 Å². The van der Waals surface area contributed by atoms with Crippen molar-refractivity contribution in [2.45, 2.75) is 83.6 Å². The Morgan fingerprint density at radius 2 is 1.65 bits per heavy atom. The second-order valence-corrected chi connectivity index (χ2v) is 8.83. The molecule has 0 aromatic heterocycles. The Labute approximate surface area is 202 Å². The van der Waals surface area contributed by atoms with E-state index in [9.17, 15) is 18.8 Å².